The number of rotatable bonds is 6. The summed E-state index contributed by atoms with van der Waals surface area (Å²) in [5.74, 6) is -0.638. The minimum absolute atomic E-state index is 0.0708. The van der Waals surface area contributed by atoms with Gasteiger partial charge in [-0.3, -0.25) is 14.6 Å². The molecule has 3 aromatic rings. The summed E-state index contributed by atoms with van der Waals surface area (Å²) in [6.45, 7) is 1.68. The topological polar surface area (TPSA) is 126 Å². The highest BCUT2D eigenvalue weighted by Gasteiger charge is 2.20. The standard InChI is InChI=1S/C21H19ClN4O5/c1-3-16(24-25-18(27)14-6-4-5-7-15(14)22)17-19(28)23-21(30)26(20(17)29)12-8-10-13(31-2)11-9-12/h4-11,29H,3H2,1-2H3,(H,25,27)(H,23,28,30)/b24-16+. The zero-order valence-electron chi connectivity index (χ0n) is 16.7. The number of amides is 1. The molecule has 0 aliphatic rings. The van der Waals surface area contributed by atoms with Crippen molar-refractivity contribution in [2.45, 2.75) is 13.3 Å². The smallest absolute Gasteiger partial charge is 0.335 e. The minimum Gasteiger partial charge on any atom is -0.497 e. The van der Waals surface area contributed by atoms with Crippen molar-refractivity contribution in [1.82, 2.24) is 15.0 Å². The molecule has 2 aromatic carbocycles. The first-order valence-corrected chi connectivity index (χ1v) is 9.59. The summed E-state index contributed by atoms with van der Waals surface area (Å²) in [7, 11) is 1.50. The van der Waals surface area contributed by atoms with Crippen LogP contribution >= 0.6 is 11.6 Å². The number of carbonyl (C=O) groups is 1. The molecule has 1 heterocycles. The predicted octanol–water partition coefficient (Wildman–Crippen LogP) is 2.44. The van der Waals surface area contributed by atoms with Gasteiger partial charge in [-0.15, -0.1) is 0 Å². The van der Waals surface area contributed by atoms with Crippen molar-refractivity contribution >= 4 is 23.2 Å². The molecule has 9 nitrogen and oxygen atoms in total. The minimum atomic E-state index is -0.833. The average molecular weight is 443 g/mol. The van der Waals surface area contributed by atoms with E-state index in [9.17, 15) is 19.5 Å². The Morgan fingerprint density at radius 3 is 2.48 bits per heavy atom. The van der Waals surface area contributed by atoms with E-state index < -0.39 is 23.0 Å². The summed E-state index contributed by atoms with van der Waals surface area (Å²) in [5, 5.41) is 15.0. The fraction of sp³-hybridized carbons (Fsp3) is 0.143. The number of carbonyl (C=O) groups excluding carboxylic acids is 1. The van der Waals surface area contributed by atoms with Gasteiger partial charge in [0.05, 0.1) is 29.1 Å². The zero-order chi connectivity index (χ0) is 22.5. The lowest BCUT2D eigenvalue weighted by Gasteiger charge is -2.13. The van der Waals surface area contributed by atoms with Crippen molar-refractivity contribution < 1.29 is 14.6 Å². The Hall–Kier alpha value is -3.85. The number of ether oxygens (including phenoxy) is 1. The first-order chi connectivity index (χ1) is 14.9. The summed E-state index contributed by atoms with van der Waals surface area (Å²) >= 11 is 6.01. The molecule has 0 unspecified atom stereocenters. The van der Waals surface area contributed by atoms with Crippen LogP contribution in [-0.4, -0.2) is 33.4 Å². The van der Waals surface area contributed by atoms with Gasteiger partial charge in [0.1, 0.15) is 11.3 Å². The number of hydrazone groups is 1. The molecule has 1 aromatic heterocycles. The first kappa shape index (κ1) is 21.8. The fourth-order valence-corrected chi connectivity index (χ4v) is 3.11. The van der Waals surface area contributed by atoms with Crippen LogP contribution < -0.4 is 21.4 Å². The van der Waals surface area contributed by atoms with Crippen LogP contribution in [0.5, 0.6) is 11.6 Å². The van der Waals surface area contributed by atoms with E-state index in [2.05, 4.69) is 15.5 Å². The van der Waals surface area contributed by atoms with Crippen LogP contribution in [0, 0.1) is 0 Å². The van der Waals surface area contributed by atoms with Crippen LogP contribution in [0.3, 0.4) is 0 Å². The zero-order valence-corrected chi connectivity index (χ0v) is 17.4. The molecule has 0 saturated heterocycles. The number of halogens is 1. The van der Waals surface area contributed by atoms with E-state index in [0.717, 1.165) is 4.57 Å². The van der Waals surface area contributed by atoms with Crippen LogP contribution in [0.15, 0.2) is 63.2 Å². The molecule has 0 radical (unpaired) electrons. The molecule has 0 aliphatic heterocycles. The Morgan fingerprint density at radius 1 is 1.19 bits per heavy atom. The van der Waals surface area contributed by atoms with E-state index in [1.165, 1.54) is 13.2 Å². The van der Waals surface area contributed by atoms with E-state index in [-0.39, 0.29) is 28.3 Å². The van der Waals surface area contributed by atoms with Crippen molar-refractivity contribution in [2.24, 2.45) is 5.10 Å². The summed E-state index contributed by atoms with van der Waals surface area (Å²) < 4.78 is 6.01. The number of benzene rings is 2. The lowest BCUT2D eigenvalue weighted by Crippen LogP contribution is -2.34. The van der Waals surface area contributed by atoms with Gasteiger partial charge in [0.25, 0.3) is 11.5 Å². The van der Waals surface area contributed by atoms with Crippen LogP contribution in [0.2, 0.25) is 5.02 Å². The van der Waals surface area contributed by atoms with E-state index in [4.69, 9.17) is 16.3 Å². The van der Waals surface area contributed by atoms with Gasteiger partial charge in [-0.25, -0.2) is 14.8 Å². The Kier molecular flexibility index (Phi) is 6.56. The van der Waals surface area contributed by atoms with Crippen molar-refractivity contribution in [2.75, 3.05) is 7.11 Å². The van der Waals surface area contributed by atoms with E-state index in [1.807, 2.05) is 0 Å². The maximum atomic E-state index is 12.5. The molecular weight excluding hydrogens is 424 g/mol. The van der Waals surface area contributed by atoms with Crippen LogP contribution in [0.25, 0.3) is 5.69 Å². The number of hydrogen-bond donors (Lipinski definition) is 3. The molecule has 1 amide bonds. The molecular formula is C21H19ClN4O5. The third-order valence-corrected chi connectivity index (χ3v) is 4.78. The van der Waals surface area contributed by atoms with Crippen LogP contribution in [0.4, 0.5) is 0 Å². The largest absolute Gasteiger partial charge is 0.497 e. The van der Waals surface area contributed by atoms with Gasteiger partial charge in [0, 0.05) is 0 Å². The Balaban J connectivity index is 2.04. The first-order valence-electron chi connectivity index (χ1n) is 9.21. The SMILES string of the molecule is CC/C(=N\NC(=O)c1ccccc1Cl)c1c(O)n(-c2ccc(OC)cc2)c(=O)[nH]c1=O. The Labute approximate surface area is 181 Å². The Bertz CT molecular complexity index is 1260. The normalized spacial score (nSPS) is 11.3. The molecule has 0 bridgehead atoms. The van der Waals surface area contributed by atoms with Crippen molar-refractivity contribution in [1.29, 1.82) is 0 Å². The molecule has 31 heavy (non-hydrogen) atoms. The third kappa shape index (κ3) is 4.51. The molecule has 10 heteroatoms. The molecule has 160 valence electrons. The van der Waals surface area contributed by atoms with Crippen molar-refractivity contribution in [3.8, 4) is 17.3 Å². The molecule has 3 N–H and O–H groups in total. The summed E-state index contributed by atoms with van der Waals surface area (Å²) in [6, 6.07) is 12.7. The summed E-state index contributed by atoms with van der Waals surface area (Å²) in [5.41, 5.74) is 1.00. The highest BCUT2D eigenvalue weighted by molar-refractivity contribution is 6.33. The maximum Gasteiger partial charge on any atom is 0.335 e. The summed E-state index contributed by atoms with van der Waals surface area (Å²) in [6.07, 6.45) is 0.181. The number of nitrogens with zero attached hydrogens (tertiary/aromatic N) is 2. The fourth-order valence-electron chi connectivity index (χ4n) is 2.89. The highest BCUT2D eigenvalue weighted by Crippen LogP contribution is 2.20. The molecule has 0 spiro atoms. The van der Waals surface area contributed by atoms with E-state index in [1.54, 1.807) is 49.4 Å². The van der Waals surface area contributed by atoms with E-state index >= 15 is 0 Å². The summed E-state index contributed by atoms with van der Waals surface area (Å²) in [4.78, 5) is 39.3. The second-order valence-corrected chi connectivity index (χ2v) is 6.73. The van der Waals surface area contributed by atoms with Gasteiger partial charge in [0.2, 0.25) is 5.88 Å². The molecule has 0 aliphatic carbocycles. The van der Waals surface area contributed by atoms with Crippen molar-refractivity contribution in [3.63, 3.8) is 0 Å². The van der Waals surface area contributed by atoms with Crippen LogP contribution in [-0.2, 0) is 0 Å². The lowest BCUT2D eigenvalue weighted by atomic mass is 10.1. The van der Waals surface area contributed by atoms with Gasteiger partial charge in [0.15, 0.2) is 0 Å². The Morgan fingerprint density at radius 2 is 1.87 bits per heavy atom. The number of H-pyrrole nitrogens is 1. The lowest BCUT2D eigenvalue weighted by molar-refractivity contribution is 0.0955. The number of aromatic amines is 1. The maximum absolute atomic E-state index is 12.5. The monoisotopic (exact) mass is 442 g/mol. The second kappa shape index (κ2) is 9.31. The quantitative estimate of drug-likeness (QED) is 0.399. The van der Waals surface area contributed by atoms with Gasteiger partial charge in [-0.1, -0.05) is 30.7 Å². The van der Waals surface area contributed by atoms with Gasteiger partial charge >= 0.3 is 5.69 Å². The number of methoxy groups -OCH3 is 1. The van der Waals surface area contributed by atoms with Gasteiger partial charge < -0.3 is 9.84 Å². The average Bonchev–Trinajstić information content (AvgIpc) is 2.76. The molecule has 0 atom stereocenters. The van der Waals surface area contributed by atoms with Crippen LogP contribution in [0.1, 0.15) is 29.3 Å². The highest BCUT2D eigenvalue weighted by atomic mass is 35.5. The number of aromatic nitrogens is 2. The molecule has 0 fully saturated rings. The van der Waals surface area contributed by atoms with Gasteiger partial charge in [-0.05, 0) is 42.8 Å². The van der Waals surface area contributed by atoms with E-state index in [0.29, 0.717) is 11.4 Å². The third-order valence-electron chi connectivity index (χ3n) is 4.45. The molecule has 0 saturated carbocycles. The second-order valence-electron chi connectivity index (χ2n) is 6.32. The van der Waals surface area contributed by atoms with Crippen molar-refractivity contribution in [3.05, 3.63) is 85.5 Å². The number of hydrogen-bond acceptors (Lipinski definition) is 6. The van der Waals surface area contributed by atoms with Gasteiger partial charge in [-0.2, -0.15) is 5.10 Å². The number of aromatic hydroxyl groups is 1. The number of nitrogens with one attached hydrogen (secondary N) is 2. The predicted molar refractivity (Wildman–Crippen MR) is 117 cm³/mol. The molecule has 3 rings (SSSR count).